The van der Waals surface area contributed by atoms with Gasteiger partial charge in [0, 0.05) is 69.6 Å². The molecule has 0 spiro atoms. The topological polar surface area (TPSA) is 159 Å². The van der Waals surface area contributed by atoms with Crippen LogP contribution in [0.3, 0.4) is 0 Å². The molecule has 3 fully saturated rings. The number of imidazole rings is 1. The molecule has 4 aromatic rings. The predicted octanol–water partition coefficient (Wildman–Crippen LogP) is 5.88. The molecule has 282 valence electrons. The van der Waals surface area contributed by atoms with E-state index in [0.29, 0.717) is 50.3 Å². The van der Waals surface area contributed by atoms with Gasteiger partial charge in [-0.15, -0.1) is 0 Å². The molecule has 0 bridgehead atoms. The number of nitrogens with zero attached hydrogens (tertiary/aromatic N) is 6. The Bertz CT molecular complexity index is 1960. The van der Waals surface area contributed by atoms with Gasteiger partial charge in [0.25, 0.3) is 5.91 Å². The summed E-state index contributed by atoms with van der Waals surface area (Å²) in [6.07, 6.45) is 4.63. The number of hydrogen-bond donors (Lipinski definition) is 3. The van der Waals surface area contributed by atoms with Gasteiger partial charge >= 0.3 is 12.1 Å². The van der Waals surface area contributed by atoms with Crippen molar-refractivity contribution in [3.8, 4) is 11.3 Å². The van der Waals surface area contributed by atoms with Crippen LogP contribution in [0.2, 0.25) is 0 Å². The van der Waals surface area contributed by atoms with Gasteiger partial charge in [-0.1, -0.05) is 18.9 Å². The normalized spacial score (nSPS) is 18.8. The Hall–Kier alpha value is -4.67. The Morgan fingerprint density at radius 3 is 2.58 bits per heavy atom. The van der Waals surface area contributed by atoms with E-state index in [-0.39, 0.29) is 58.3 Å². The standard InChI is InChI=1S/C37H43F3N8O5/c1-47(20-36(21-52-2)10-3-4-11-36)29-14-28(24-13-26(37(38,39)40)31(42-16-24)23-6-7-23)43-33-32(29)44-35(45-33)46-34(51)27-8-5-22(15-41-27)17-48-12-9-25(18-48)53-19-30(49)50/h5,8,13-16,23,25H,3-4,6-7,9-12,17-21H2,1-2H3,(H,49,50)(H2,43,44,45,46,51)/t25-/m1/s1. The molecule has 16 heteroatoms. The highest BCUT2D eigenvalue weighted by Gasteiger charge is 2.40. The summed E-state index contributed by atoms with van der Waals surface area (Å²) in [7, 11) is 3.62. The number of H-pyrrole nitrogens is 1. The van der Waals surface area contributed by atoms with Crippen LogP contribution in [0.1, 0.15) is 78.2 Å². The van der Waals surface area contributed by atoms with Crippen LogP contribution >= 0.6 is 0 Å². The Morgan fingerprint density at radius 2 is 1.91 bits per heavy atom. The molecule has 4 aromatic heterocycles. The lowest BCUT2D eigenvalue weighted by Gasteiger charge is -2.34. The molecule has 1 aliphatic heterocycles. The minimum Gasteiger partial charge on any atom is -0.480 e. The molecule has 2 aliphatic carbocycles. The number of halogens is 3. The number of anilines is 2. The van der Waals surface area contributed by atoms with Crippen LogP contribution in [0.25, 0.3) is 22.4 Å². The van der Waals surface area contributed by atoms with Crippen LogP contribution in [0, 0.1) is 5.41 Å². The van der Waals surface area contributed by atoms with Crippen molar-refractivity contribution in [3.63, 3.8) is 0 Å². The number of rotatable bonds is 14. The van der Waals surface area contributed by atoms with Crippen molar-refractivity contribution in [2.24, 2.45) is 5.41 Å². The van der Waals surface area contributed by atoms with E-state index in [2.05, 4.69) is 40.0 Å². The number of methoxy groups -OCH3 is 1. The Kier molecular flexibility index (Phi) is 10.4. The predicted molar refractivity (Wildman–Crippen MR) is 190 cm³/mol. The third-order valence-corrected chi connectivity index (χ3v) is 10.4. The number of pyridine rings is 3. The number of likely N-dealkylation sites (tertiary alicyclic amines) is 1. The van der Waals surface area contributed by atoms with Crippen molar-refractivity contribution in [1.29, 1.82) is 0 Å². The Labute approximate surface area is 304 Å². The molecule has 0 aromatic carbocycles. The molecule has 2 saturated carbocycles. The number of alkyl halides is 3. The number of aliphatic carboxylic acids is 1. The second-order valence-corrected chi connectivity index (χ2v) is 14.6. The van der Waals surface area contributed by atoms with Gasteiger partial charge in [0.1, 0.15) is 17.8 Å². The largest absolute Gasteiger partial charge is 0.480 e. The summed E-state index contributed by atoms with van der Waals surface area (Å²) in [5, 5.41) is 11.6. The average molecular weight is 737 g/mol. The maximum atomic E-state index is 14.2. The van der Waals surface area contributed by atoms with Crippen LogP contribution < -0.4 is 10.2 Å². The Morgan fingerprint density at radius 1 is 1.11 bits per heavy atom. The van der Waals surface area contributed by atoms with Crippen molar-refractivity contribution < 1.29 is 37.3 Å². The van der Waals surface area contributed by atoms with E-state index in [4.69, 9.17) is 14.6 Å². The molecule has 1 amide bonds. The second kappa shape index (κ2) is 15.0. The smallest absolute Gasteiger partial charge is 0.418 e. The number of hydrogen-bond acceptors (Lipinski definition) is 10. The fourth-order valence-corrected chi connectivity index (χ4v) is 7.72. The molecule has 0 radical (unpaired) electrons. The summed E-state index contributed by atoms with van der Waals surface area (Å²) >= 11 is 0. The number of fused-ring (bicyclic) bond motifs is 1. The van der Waals surface area contributed by atoms with Gasteiger partial charge in [-0.3, -0.25) is 25.0 Å². The van der Waals surface area contributed by atoms with E-state index in [9.17, 15) is 22.8 Å². The molecule has 1 saturated heterocycles. The zero-order chi connectivity index (χ0) is 37.3. The van der Waals surface area contributed by atoms with E-state index in [1.54, 1.807) is 25.4 Å². The molecule has 3 aliphatic rings. The maximum Gasteiger partial charge on any atom is 0.418 e. The number of carboxylic acid groups (broad SMARTS) is 1. The molecule has 1 atom stereocenters. The van der Waals surface area contributed by atoms with E-state index < -0.39 is 23.6 Å². The van der Waals surface area contributed by atoms with Crippen LogP contribution in [0.5, 0.6) is 0 Å². The first-order valence-electron chi connectivity index (χ1n) is 17.9. The molecular formula is C37H43F3N8O5. The highest BCUT2D eigenvalue weighted by atomic mass is 19.4. The first kappa shape index (κ1) is 36.7. The summed E-state index contributed by atoms with van der Waals surface area (Å²) in [5.74, 6) is -1.57. The quantitative estimate of drug-likeness (QED) is 0.142. The summed E-state index contributed by atoms with van der Waals surface area (Å²) in [6, 6.07) is 6.30. The zero-order valence-electron chi connectivity index (χ0n) is 29.7. The van der Waals surface area contributed by atoms with Gasteiger partial charge in [0.15, 0.2) is 5.65 Å². The van der Waals surface area contributed by atoms with Crippen molar-refractivity contribution >= 4 is 34.7 Å². The van der Waals surface area contributed by atoms with Gasteiger partial charge in [-0.05, 0) is 55.9 Å². The van der Waals surface area contributed by atoms with Gasteiger partial charge in [0.05, 0.1) is 35.3 Å². The number of carbonyl (C=O) groups excluding carboxylic acids is 1. The van der Waals surface area contributed by atoms with E-state index in [1.807, 2.05) is 13.1 Å². The van der Waals surface area contributed by atoms with Gasteiger partial charge in [-0.2, -0.15) is 18.2 Å². The molecule has 3 N–H and O–H groups in total. The number of aromatic nitrogens is 5. The van der Waals surface area contributed by atoms with Crippen LogP contribution in [0.4, 0.5) is 24.8 Å². The van der Waals surface area contributed by atoms with Crippen LogP contribution in [-0.2, 0) is 27.0 Å². The summed E-state index contributed by atoms with van der Waals surface area (Å²) < 4.78 is 53.7. The first-order valence-corrected chi connectivity index (χ1v) is 17.9. The summed E-state index contributed by atoms with van der Waals surface area (Å²) in [6.45, 7) is 2.82. The fraction of sp³-hybridized carbons (Fsp3) is 0.514. The number of aromatic amines is 1. The molecule has 13 nitrogen and oxygen atoms in total. The maximum absolute atomic E-state index is 14.2. The average Bonchev–Trinajstić information content (AvgIpc) is 3.48. The van der Waals surface area contributed by atoms with Crippen molar-refractivity contribution in [2.75, 3.05) is 57.2 Å². The fourth-order valence-electron chi connectivity index (χ4n) is 7.72. The number of carboxylic acids is 1. The first-order chi connectivity index (χ1) is 25.4. The monoisotopic (exact) mass is 736 g/mol. The van der Waals surface area contributed by atoms with E-state index in [0.717, 1.165) is 50.3 Å². The molecule has 7 rings (SSSR count). The van der Waals surface area contributed by atoms with Crippen molar-refractivity contribution in [1.82, 2.24) is 29.8 Å². The van der Waals surface area contributed by atoms with E-state index in [1.165, 1.54) is 6.20 Å². The summed E-state index contributed by atoms with van der Waals surface area (Å²) in [4.78, 5) is 49.4. The highest BCUT2D eigenvalue weighted by molar-refractivity contribution is 6.03. The molecular weight excluding hydrogens is 693 g/mol. The lowest BCUT2D eigenvalue weighted by Crippen LogP contribution is -2.37. The number of ether oxygens (including phenoxy) is 2. The van der Waals surface area contributed by atoms with Crippen LogP contribution in [0.15, 0.2) is 36.7 Å². The third-order valence-electron chi connectivity index (χ3n) is 10.4. The van der Waals surface area contributed by atoms with Gasteiger partial charge < -0.3 is 24.5 Å². The minimum absolute atomic E-state index is 0.0705. The van der Waals surface area contributed by atoms with Crippen molar-refractivity contribution in [3.05, 3.63) is 59.2 Å². The van der Waals surface area contributed by atoms with Crippen molar-refractivity contribution in [2.45, 2.75) is 69.7 Å². The minimum atomic E-state index is -4.56. The van der Waals surface area contributed by atoms with Gasteiger partial charge in [-0.25, -0.2) is 9.78 Å². The van der Waals surface area contributed by atoms with Crippen LogP contribution in [-0.4, -0.2) is 99.9 Å². The SMILES string of the molecule is COCC1(CN(C)c2cc(-c3cnc(C4CC4)c(C(F)(F)F)c3)nc3nc(NC(=O)c4ccc(CN5CC[C@@H](OCC(=O)O)C5)cn4)[nH]c23)CCCC1. The summed E-state index contributed by atoms with van der Waals surface area (Å²) in [5.41, 5.74) is 2.21. The molecule has 53 heavy (non-hydrogen) atoms. The van der Waals surface area contributed by atoms with Gasteiger partial charge in [0.2, 0.25) is 5.95 Å². The Balaban J connectivity index is 1.14. The second-order valence-electron chi connectivity index (χ2n) is 14.6. The number of amides is 1. The number of nitrogens with one attached hydrogen (secondary N) is 2. The van der Waals surface area contributed by atoms with E-state index >= 15 is 0 Å². The number of carbonyl (C=O) groups is 2. The lowest BCUT2D eigenvalue weighted by molar-refractivity contribution is -0.144. The zero-order valence-corrected chi connectivity index (χ0v) is 29.7. The highest BCUT2D eigenvalue weighted by Crippen LogP contribution is 2.46. The molecule has 0 unspecified atom stereocenters. The molecule has 5 heterocycles. The third kappa shape index (κ3) is 8.44. The lowest BCUT2D eigenvalue weighted by atomic mass is 9.86.